The molecule has 3 rings (SSSR count). The molecule has 0 saturated heterocycles. The fraction of sp³-hybridized carbons (Fsp3) is 0.118. The highest BCUT2D eigenvalue weighted by Gasteiger charge is 2.15. The van der Waals surface area contributed by atoms with Crippen LogP contribution < -0.4 is 4.72 Å². The first kappa shape index (κ1) is 17.8. The summed E-state index contributed by atoms with van der Waals surface area (Å²) < 4.78 is 32.1. The number of benzene rings is 2. The third kappa shape index (κ3) is 3.95. The summed E-state index contributed by atoms with van der Waals surface area (Å²) in [5, 5.41) is 14.5. The highest BCUT2D eigenvalue weighted by Crippen LogP contribution is 2.22. The van der Waals surface area contributed by atoms with Crippen molar-refractivity contribution in [2.45, 2.75) is 18.4 Å². The molecule has 0 bridgehead atoms. The van der Waals surface area contributed by atoms with Crippen molar-refractivity contribution in [1.82, 2.24) is 9.88 Å². The Hall–Kier alpha value is -3.04. The van der Waals surface area contributed by atoms with Gasteiger partial charge in [-0.05, 0) is 31.2 Å². The maximum atomic E-state index is 12.3. The van der Waals surface area contributed by atoms with Crippen LogP contribution >= 0.6 is 0 Å². The molecule has 0 aliphatic rings. The molecule has 0 radical (unpaired) electrons. The lowest BCUT2D eigenvalue weighted by Crippen LogP contribution is -2.22. The van der Waals surface area contributed by atoms with E-state index in [0.29, 0.717) is 17.0 Å². The third-order valence-electron chi connectivity index (χ3n) is 3.70. The van der Waals surface area contributed by atoms with Crippen molar-refractivity contribution in [2.24, 2.45) is 0 Å². The molecule has 0 saturated carbocycles. The van der Waals surface area contributed by atoms with Crippen LogP contribution in [0.1, 0.15) is 11.3 Å². The van der Waals surface area contributed by atoms with Crippen LogP contribution in [0.2, 0.25) is 0 Å². The number of nitrogens with zero attached hydrogens (tertiary/aromatic N) is 2. The number of non-ortho nitro benzene ring substituents is 1. The summed E-state index contributed by atoms with van der Waals surface area (Å²) in [5.41, 5.74) is 2.03. The fourth-order valence-electron chi connectivity index (χ4n) is 2.25. The van der Waals surface area contributed by atoms with Crippen molar-refractivity contribution in [3.05, 3.63) is 76.0 Å². The molecule has 0 unspecified atom stereocenters. The van der Waals surface area contributed by atoms with Gasteiger partial charge in [0.15, 0.2) is 5.76 Å². The minimum Gasteiger partial charge on any atom is -0.359 e. The van der Waals surface area contributed by atoms with E-state index in [0.717, 1.165) is 5.56 Å². The van der Waals surface area contributed by atoms with Gasteiger partial charge < -0.3 is 4.52 Å². The molecule has 134 valence electrons. The van der Waals surface area contributed by atoms with E-state index in [2.05, 4.69) is 9.88 Å². The van der Waals surface area contributed by atoms with Gasteiger partial charge in [-0.2, -0.15) is 0 Å². The summed E-state index contributed by atoms with van der Waals surface area (Å²) in [4.78, 5) is 10.4. The quantitative estimate of drug-likeness (QED) is 0.524. The maximum absolute atomic E-state index is 12.3. The van der Waals surface area contributed by atoms with E-state index in [9.17, 15) is 18.5 Å². The molecule has 9 heteroatoms. The van der Waals surface area contributed by atoms with Gasteiger partial charge in [0.2, 0.25) is 10.0 Å². The zero-order valence-electron chi connectivity index (χ0n) is 13.7. The molecule has 2 aromatic carbocycles. The van der Waals surface area contributed by atoms with Gasteiger partial charge in [-0.25, -0.2) is 13.1 Å². The number of sulfonamides is 1. The summed E-state index contributed by atoms with van der Waals surface area (Å²) in [6, 6.07) is 13.9. The Labute approximate surface area is 149 Å². The van der Waals surface area contributed by atoms with Gasteiger partial charge in [-0.1, -0.05) is 22.9 Å². The summed E-state index contributed by atoms with van der Waals surface area (Å²) in [6.07, 6.45) is 0. The molecule has 8 nitrogen and oxygen atoms in total. The maximum Gasteiger partial charge on any atom is 0.269 e. The number of hydrogen-bond donors (Lipinski definition) is 1. The Morgan fingerprint density at radius 2 is 1.77 bits per heavy atom. The molecule has 0 aliphatic carbocycles. The molecular formula is C17H15N3O5S. The second kappa shape index (κ2) is 7.06. The number of nitro benzene ring substituents is 1. The summed E-state index contributed by atoms with van der Waals surface area (Å²) in [5.74, 6) is 0.328. The van der Waals surface area contributed by atoms with Crippen molar-refractivity contribution in [2.75, 3.05) is 0 Å². The first-order valence-corrected chi connectivity index (χ1v) is 9.10. The largest absolute Gasteiger partial charge is 0.359 e. The normalized spacial score (nSPS) is 11.4. The number of hydrogen-bond acceptors (Lipinski definition) is 6. The Balaban J connectivity index is 1.70. The van der Waals surface area contributed by atoms with Crippen molar-refractivity contribution in [1.29, 1.82) is 0 Å². The number of rotatable bonds is 6. The Morgan fingerprint density at radius 3 is 2.38 bits per heavy atom. The number of nitro groups is 1. The molecular weight excluding hydrogens is 358 g/mol. The third-order valence-corrected chi connectivity index (χ3v) is 5.12. The van der Waals surface area contributed by atoms with E-state index in [-0.39, 0.29) is 17.1 Å². The van der Waals surface area contributed by atoms with E-state index >= 15 is 0 Å². The average Bonchev–Trinajstić information content (AvgIpc) is 3.10. The van der Waals surface area contributed by atoms with Crippen molar-refractivity contribution in [3.8, 4) is 11.3 Å². The van der Waals surface area contributed by atoms with Crippen LogP contribution in [0, 0.1) is 17.0 Å². The van der Waals surface area contributed by atoms with Crippen LogP contribution in [-0.4, -0.2) is 18.5 Å². The van der Waals surface area contributed by atoms with Crippen LogP contribution in [0.5, 0.6) is 0 Å². The monoisotopic (exact) mass is 373 g/mol. The first-order valence-electron chi connectivity index (χ1n) is 7.62. The second-order valence-electron chi connectivity index (χ2n) is 5.62. The predicted octanol–water partition coefficient (Wildman–Crippen LogP) is 3.04. The predicted molar refractivity (Wildman–Crippen MR) is 93.8 cm³/mol. The van der Waals surface area contributed by atoms with Crippen LogP contribution in [0.15, 0.2) is 64.0 Å². The van der Waals surface area contributed by atoms with Crippen molar-refractivity contribution < 1.29 is 17.9 Å². The van der Waals surface area contributed by atoms with Crippen LogP contribution in [-0.2, 0) is 16.6 Å². The molecule has 0 spiro atoms. The summed E-state index contributed by atoms with van der Waals surface area (Å²) >= 11 is 0. The van der Waals surface area contributed by atoms with E-state index in [1.54, 1.807) is 30.3 Å². The smallest absolute Gasteiger partial charge is 0.269 e. The lowest BCUT2D eigenvalue weighted by Gasteiger charge is -2.05. The topological polar surface area (TPSA) is 115 Å². The summed E-state index contributed by atoms with van der Waals surface area (Å²) in [7, 11) is -3.66. The number of aromatic nitrogens is 1. The van der Waals surface area contributed by atoms with Gasteiger partial charge in [-0.3, -0.25) is 10.1 Å². The molecule has 1 N–H and O–H groups in total. The Bertz CT molecular complexity index is 1030. The average molecular weight is 373 g/mol. The number of nitrogens with one attached hydrogen (secondary N) is 1. The zero-order valence-corrected chi connectivity index (χ0v) is 14.6. The molecule has 26 heavy (non-hydrogen) atoms. The zero-order chi connectivity index (χ0) is 18.7. The second-order valence-corrected chi connectivity index (χ2v) is 7.39. The van der Waals surface area contributed by atoms with Crippen molar-refractivity contribution in [3.63, 3.8) is 0 Å². The molecule has 0 aliphatic heterocycles. The fourth-order valence-corrected chi connectivity index (χ4v) is 3.25. The minimum absolute atomic E-state index is 0.0247. The lowest BCUT2D eigenvalue weighted by atomic mass is 10.1. The van der Waals surface area contributed by atoms with Crippen LogP contribution in [0.3, 0.4) is 0 Å². The Kier molecular flexibility index (Phi) is 4.83. The first-order chi connectivity index (χ1) is 12.3. The summed E-state index contributed by atoms with van der Waals surface area (Å²) in [6.45, 7) is 1.81. The lowest BCUT2D eigenvalue weighted by molar-refractivity contribution is -0.384. The van der Waals surface area contributed by atoms with E-state index in [1.165, 1.54) is 24.3 Å². The number of aryl methyl sites for hydroxylation is 1. The van der Waals surface area contributed by atoms with Crippen LogP contribution in [0.25, 0.3) is 11.3 Å². The van der Waals surface area contributed by atoms with Gasteiger partial charge in [0.25, 0.3) is 5.69 Å². The van der Waals surface area contributed by atoms with E-state index < -0.39 is 14.9 Å². The molecule has 1 heterocycles. The Morgan fingerprint density at radius 1 is 1.12 bits per heavy atom. The van der Waals surface area contributed by atoms with Gasteiger partial charge in [-0.15, -0.1) is 0 Å². The standard InChI is InChI=1S/C17H15N3O5S/c1-12-2-8-16(9-3-12)26(23,24)18-11-15-10-17(19-25-15)13-4-6-14(7-5-13)20(21)22/h2-10,18H,11H2,1H3. The van der Waals surface area contributed by atoms with Gasteiger partial charge in [0, 0.05) is 23.8 Å². The van der Waals surface area contributed by atoms with Crippen LogP contribution in [0.4, 0.5) is 5.69 Å². The van der Waals surface area contributed by atoms with E-state index in [1.807, 2.05) is 6.92 Å². The molecule has 1 aromatic heterocycles. The van der Waals surface area contributed by atoms with E-state index in [4.69, 9.17) is 4.52 Å². The highest BCUT2D eigenvalue weighted by molar-refractivity contribution is 7.89. The highest BCUT2D eigenvalue weighted by atomic mass is 32.2. The molecule has 0 fully saturated rings. The molecule has 3 aromatic rings. The minimum atomic E-state index is -3.66. The molecule has 0 amide bonds. The molecule has 0 atom stereocenters. The van der Waals surface area contributed by atoms with Gasteiger partial charge >= 0.3 is 0 Å². The SMILES string of the molecule is Cc1ccc(S(=O)(=O)NCc2cc(-c3ccc([N+](=O)[O-])cc3)no2)cc1. The van der Waals surface area contributed by atoms with Crippen molar-refractivity contribution >= 4 is 15.7 Å². The van der Waals surface area contributed by atoms with Gasteiger partial charge in [0.1, 0.15) is 5.69 Å². The van der Waals surface area contributed by atoms with Gasteiger partial charge in [0.05, 0.1) is 16.4 Å².